The molecule has 0 aliphatic rings. The molecule has 9 heteroatoms. The molecule has 0 saturated heterocycles. The minimum Gasteiger partial charge on any atom is -0.478 e. The Bertz CT molecular complexity index is 672. The van der Waals surface area contributed by atoms with Gasteiger partial charge in [0.15, 0.2) is 0 Å². The quantitative estimate of drug-likeness (QED) is 0.531. The van der Waals surface area contributed by atoms with E-state index in [2.05, 4.69) is 4.74 Å². The first-order chi connectivity index (χ1) is 9.65. The van der Waals surface area contributed by atoms with E-state index in [1.54, 1.807) is 0 Å². The summed E-state index contributed by atoms with van der Waals surface area (Å²) in [5, 5.41) is 26.7. The second-order valence-electron chi connectivity index (χ2n) is 3.74. The summed E-state index contributed by atoms with van der Waals surface area (Å²) in [6.07, 6.45) is 0. The zero-order valence-electron chi connectivity index (χ0n) is 10.4. The highest BCUT2D eigenvalue weighted by Crippen LogP contribution is 2.19. The highest BCUT2D eigenvalue weighted by Gasteiger charge is 2.26. The van der Waals surface area contributed by atoms with Gasteiger partial charge in [-0.05, 0) is 12.1 Å². The maximum absolute atomic E-state index is 11.6. The van der Waals surface area contributed by atoms with E-state index < -0.39 is 52.1 Å². The lowest BCUT2D eigenvalue weighted by atomic mass is 9.98. The van der Waals surface area contributed by atoms with Crippen LogP contribution >= 0.6 is 0 Å². The number of carbonyl (C=O) groups is 5. The van der Waals surface area contributed by atoms with Gasteiger partial charge in [-0.2, -0.15) is 0 Å². The molecule has 0 aliphatic carbocycles. The van der Waals surface area contributed by atoms with E-state index in [1.165, 1.54) is 0 Å². The Labute approximate surface area is 116 Å². The molecule has 0 unspecified atom stereocenters. The van der Waals surface area contributed by atoms with Crippen LogP contribution in [-0.4, -0.2) is 45.2 Å². The van der Waals surface area contributed by atoms with E-state index in [4.69, 9.17) is 15.3 Å². The monoisotopic (exact) mass is 296 g/mol. The standard InChI is InChI=1S/C12H8O9/c1-4(13)21-12(20)8-3-6(10(16)17)5(9(14)15)2-7(8)11(18)19/h2-3H,1H3,(H,14,15)(H,16,17)(H,18,19). The predicted octanol–water partition coefficient (Wildman–Crippen LogP) is 0.485. The first-order valence-electron chi connectivity index (χ1n) is 5.25. The zero-order chi connectivity index (χ0) is 16.3. The van der Waals surface area contributed by atoms with E-state index in [1.807, 2.05) is 0 Å². The Morgan fingerprint density at radius 3 is 1.43 bits per heavy atom. The van der Waals surface area contributed by atoms with Gasteiger partial charge in [-0.3, -0.25) is 4.79 Å². The highest BCUT2D eigenvalue weighted by atomic mass is 16.6. The third-order valence-corrected chi connectivity index (χ3v) is 2.31. The lowest BCUT2D eigenvalue weighted by molar-refractivity contribution is -0.135. The second kappa shape index (κ2) is 5.82. The van der Waals surface area contributed by atoms with E-state index >= 15 is 0 Å². The number of esters is 2. The van der Waals surface area contributed by atoms with Gasteiger partial charge in [-0.1, -0.05) is 0 Å². The molecule has 1 aromatic carbocycles. The number of rotatable bonds is 4. The summed E-state index contributed by atoms with van der Waals surface area (Å²) in [4.78, 5) is 55.2. The molecular weight excluding hydrogens is 288 g/mol. The van der Waals surface area contributed by atoms with Crippen LogP contribution in [0.4, 0.5) is 0 Å². The second-order valence-corrected chi connectivity index (χ2v) is 3.74. The molecule has 21 heavy (non-hydrogen) atoms. The molecule has 1 aromatic rings. The number of carboxylic acid groups (broad SMARTS) is 3. The van der Waals surface area contributed by atoms with Gasteiger partial charge < -0.3 is 20.1 Å². The molecule has 0 bridgehead atoms. The van der Waals surface area contributed by atoms with Gasteiger partial charge in [-0.15, -0.1) is 0 Å². The highest BCUT2D eigenvalue weighted by molar-refractivity contribution is 6.10. The first kappa shape index (κ1) is 15.8. The van der Waals surface area contributed by atoms with Gasteiger partial charge in [0.25, 0.3) is 0 Å². The summed E-state index contributed by atoms with van der Waals surface area (Å²) >= 11 is 0. The molecule has 0 fully saturated rings. The summed E-state index contributed by atoms with van der Waals surface area (Å²) in [6, 6.07) is 1.06. The smallest absolute Gasteiger partial charge is 0.346 e. The Kier molecular flexibility index (Phi) is 4.39. The van der Waals surface area contributed by atoms with Gasteiger partial charge >= 0.3 is 29.8 Å². The SMILES string of the molecule is CC(=O)OC(=O)c1cc(C(=O)O)c(C(=O)O)cc1C(=O)O. The molecule has 9 nitrogen and oxygen atoms in total. The molecule has 0 saturated carbocycles. The summed E-state index contributed by atoms with van der Waals surface area (Å²) in [7, 11) is 0. The number of benzene rings is 1. The Hall–Kier alpha value is -3.23. The Morgan fingerprint density at radius 1 is 0.762 bits per heavy atom. The van der Waals surface area contributed by atoms with Crippen molar-refractivity contribution in [3.63, 3.8) is 0 Å². The summed E-state index contributed by atoms with van der Waals surface area (Å²) < 4.78 is 4.18. The largest absolute Gasteiger partial charge is 0.478 e. The predicted molar refractivity (Wildman–Crippen MR) is 63.4 cm³/mol. The van der Waals surface area contributed by atoms with Crippen molar-refractivity contribution in [3.8, 4) is 0 Å². The molecule has 0 spiro atoms. The van der Waals surface area contributed by atoms with Crippen molar-refractivity contribution < 1.29 is 44.0 Å². The molecule has 1 rings (SSSR count). The van der Waals surface area contributed by atoms with Crippen molar-refractivity contribution in [2.45, 2.75) is 6.92 Å². The summed E-state index contributed by atoms with van der Waals surface area (Å²) in [6.45, 7) is 0.891. The number of hydrogen-bond acceptors (Lipinski definition) is 6. The number of hydrogen-bond donors (Lipinski definition) is 3. The maximum Gasteiger partial charge on any atom is 0.346 e. The topological polar surface area (TPSA) is 155 Å². The van der Waals surface area contributed by atoms with Crippen molar-refractivity contribution in [2.24, 2.45) is 0 Å². The Morgan fingerprint density at radius 2 is 1.10 bits per heavy atom. The third kappa shape index (κ3) is 3.41. The van der Waals surface area contributed by atoms with Crippen molar-refractivity contribution >= 4 is 29.8 Å². The van der Waals surface area contributed by atoms with Crippen molar-refractivity contribution in [2.75, 3.05) is 0 Å². The molecule has 0 aliphatic heterocycles. The van der Waals surface area contributed by atoms with Crippen molar-refractivity contribution in [1.82, 2.24) is 0 Å². The minimum absolute atomic E-state index is 0.519. The van der Waals surface area contributed by atoms with E-state index in [0.717, 1.165) is 6.92 Å². The van der Waals surface area contributed by atoms with Crippen LogP contribution in [0.15, 0.2) is 12.1 Å². The van der Waals surface area contributed by atoms with Gasteiger partial charge in [0.2, 0.25) is 0 Å². The lowest BCUT2D eigenvalue weighted by Crippen LogP contribution is -2.18. The number of carbonyl (C=O) groups excluding carboxylic acids is 2. The van der Waals surface area contributed by atoms with Gasteiger partial charge in [0.05, 0.1) is 22.3 Å². The maximum atomic E-state index is 11.6. The fourth-order valence-electron chi connectivity index (χ4n) is 1.48. The van der Waals surface area contributed by atoms with Crippen LogP contribution in [0.2, 0.25) is 0 Å². The molecule has 0 radical (unpaired) electrons. The fourth-order valence-corrected chi connectivity index (χ4v) is 1.48. The average Bonchev–Trinajstić information content (AvgIpc) is 2.35. The third-order valence-electron chi connectivity index (χ3n) is 2.31. The molecule has 0 heterocycles. The molecule has 110 valence electrons. The minimum atomic E-state index is -1.68. The van der Waals surface area contributed by atoms with Crippen molar-refractivity contribution in [3.05, 3.63) is 34.4 Å². The molecule has 0 amide bonds. The zero-order valence-corrected chi connectivity index (χ0v) is 10.4. The van der Waals surface area contributed by atoms with Gasteiger partial charge in [0, 0.05) is 6.92 Å². The summed E-state index contributed by atoms with van der Waals surface area (Å²) in [5.74, 6) is -7.46. The van der Waals surface area contributed by atoms with Crippen molar-refractivity contribution in [1.29, 1.82) is 0 Å². The van der Waals surface area contributed by atoms with E-state index in [0.29, 0.717) is 12.1 Å². The normalized spacial score (nSPS) is 9.76. The summed E-state index contributed by atoms with van der Waals surface area (Å²) in [5.41, 5.74) is -3.13. The van der Waals surface area contributed by atoms with Crippen LogP contribution in [0.5, 0.6) is 0 Å². The Balaban J connectivity index is 3.62. The molecule has 3 N–H and O–H groups in total. The number of carboxylic acids is 3. The van der Waals surface area contributed by atoms with Gasteiger partial charge in [0.1, 0.15) is 0 Å². The van der Waals surface area contributed by atoms with Gasteiger partial charge in [-0.25, -0.2) is 19.2 Å². The van der Waals surface area contributed by atoms with Crippen LogP contribution in [-0.2, 0) is 9.53 Å². The van der Waals surface area contributed by atoms with E-state index in [9.17, 15) is 24.0 Å². The molecule has 0 aromatic heterocycles. The number of ether oxygens (including phenoxy) is 1. The first-order valence-corrected chi connectivity index (χ1v) is 5.25. The van der Waals surface area contributed by atoms with Crippen LogP contribution in [0.25, 0.3) is 0 Å². The van der Waals surface area contributed by atoms with Crippen LogP contribution in [0.1, 0.15) is 48.4 Å². The van der Waals surface area contributed by atoms with E-state index in [-0.39, 0.29) is 0 Å². The lowest BCUT2D eigenvalue weighted by Gasteiger charge is -2.08. The average molecular weight is 296 g/mol. The molecule has 0 atom stereocenters. The van der Waals surface area contributed by atoms with Crippen LogP contribution in [0, 0.1) is 0 Å². The van der Waals surface area contributed by atoms with Crippen LogP contribution < -0.4 is 0 Å². The van der Waals surface area contributed by atoms with Crippen LogP contribution in [0.3, 0.4) is 0 Å². The fraction of sp³-hybridized carbons (Fsp3) is 0.0833. The molecular formula is C12H8O9. The number of aromatic carboxylic acids is 3.